The molecule has 0 unspecified atom stereocenters. The zero-order chi connectivity index (χ0) is 10.2. The summed E-state index contributed by atoms with van der Waals surface area (Å²) in [4.78, 5) is 28.0. The molecule has 13 heavy (non-hydrogen) atoms. The molecule has 1 aliphatic rings. The number of amides is 2. The van der Waals surface area contributed by atoms with E-state index in [1.807, 2.05) is 0 Å². The second-order valence-electron chi connectivity index (χ2n) is 4.38. The fourth-order valence-electron chi connectivity index (χ4n) is 0.985. The van der Waals surface area contributed by atoms with Crippen molar-refractivity contribution in [1.29, 1.82) is 0 Å². The van der Waals surface area contributed by atoms with E-state index < -0.39 is 5.41 Å². The van der Waals surface area contributed by atoms with Crippen LogP contribution in [0.5, 0.6) is 0 Å². The minimum atomic E-state index is -0.570. The lowest BCUT2D eigenvalue weighted by molar-refractivity contribution is -0.184. The molecule has 0 radical (unpaired) electrons. The summed E-state index contributed by atoms with van der Waals surface area (Å²) in [5.41, 5.74) is -0.570. The molecule has 1 rings (SSSR count). The fraction of sp³-hybridized carbons (Fsp3) is 0.778. The maximum Gasteiger partial charge on any atom is 0.258 e. The van der Waals surface area contributed by atoms with Gasteiger partial charge in [-0.15, -0.1) is 0 Å². The summed E-state index contributed by atoms with van der Waals surface area (Å²) in [6.45, 7) is 7.33. The molecule has 0 N–H and O–H groups in total. The third-order valence-electron chi connectivity index (χ3n) is 1.90. The quantitative estimate of drug-likeness (QED) is 0.565. The fourth-order valence-corrected chi connectivity index (χ4v) is 0.985. The third-order valence-corrected chi connectivity index (χ3v) is 1.90. The smallest absolute Gasteiger partial charge is 0.258 e. The topological polar surface area (TPSA) is 46.6 Å². The molecule has 4 nitrogen and oxygen atoms in total. The Hall–Kier alpha value is -0.900. The normalized spacial score (nSPS) is 23.8. The predicted molar refractivity (Wildman–Crippen MR) is 46.4 cm³/mol. The maximum absolute atomic E-state index is 11.6. The zero-order valence-corrected chi connectivity index (χ0v) is 8.46. The number of carbonyl (C=O) groups is 2. The molecule has 2 amide bonds. The number of hydrogen-bond donors (Lipinski definition) is 0. The minimum Gasteiger partial charge on any atom is -0.272 e. The molecular weight excluding hydrogens is 170 g/mol. The monoisotopic (exact) mass is 185 g/mol. The largest absolute Gasteiger partial charge is 0.272 e. The summed E-state index contributed by atoms with van der Waals surface area (Å²) in [6.07, 6.45) is 0. The van der Waals surface area contributed by atoms with E-state index in [0.717, 1.165) is 5.06 Å². The average molecular weight is 185 g/mol. The maximum atomic E-state index is 11.6. The van der Waals surface area contributed by atoms with E-state index in [2.05, 4.69) is 0 Å². The molecule has 1 heterocycles. The second-order valence-corrected chi connectivity index (χ2v) is 4.38. The lowest BCUT2D eigenvalue weighted by Crippen LogP contribution is -2.40. The van der Waals surface area contributed by atoms with Crippen LogP contribution in [0.3, 0.4) is 0 Å². The van der Waals surface area contributed by atoms with Crippen LogP contribution < -0.4 is 0 Å². The third kappa shape index (κ3) is 1.88. The summed E-state index contributed by atoms with van der Waals surface area (Å²) in [6, 6.07) is 0. The van der Waals surface area contributed by atoms with Gasteiger partial charge in [-0.3, -0.25) is 14.4 Å². The number of imide groups is 1. The molecule has 0 bridgehead atoms. The highest BCUT2D eigenvalue weighted by molar-refractivity contribution is 5.98. The van der Waals surface area contributed by atoms with Gasteiger partial charge in [0.05, 0.1) is 12.5 Å². The highest BCUT2D eigenvalue weighted by atomic mass is 16.7. The number of nitrogens with zero attached hydrogens (tertiary/aromatic N) is 1. The van der Waals surface area contributed by atoms with E-state index in [9.17, 15) is 9.59 Å². The van der Waals surface area contributed by atoms with E-state index >= 15 is 0 Å². The first-order valence-electron chi connectivity index (χ1n) is 4.35. The van der Waals surface area contributed by atoms with Gasteiger partial charge in [0.1, 0.15) is 0 Å². The van der Waals surface area contributed by atoms with Crippen molar-refractivity contribution in [1.82, 2.24) is 5.06 Å². The second kappa shape index (κ2) is 3.10. The minimum absolute atomic E-state index is 0.203. The van der Waals surface area contributed by atoms with Crippen molar-refractivity contribution in [2.24, 2.45) is 11.3 Å². The van der Waals surface area contributed by atoms with Crippen LogP contribution in [0.4, 0.5) is 0 Å². The van der Waals surface area contributed by atoms with Gasteiger partial charge < -0.3 is 0 Å². The van der Waals surface area contributed by atoms with Crippen molar-refractivity contribution in [2.45, 2.75) is 27.7 Å². The van der Waals surface area contributed by atoms with Crippen molar-refractivity contribution < 1.29 is 14.4 Å². The SMILES string of the molecule is C[C@H]1CON(C(=O)C(C)(C)C)C1=O. The number of hydrogen-bond acceptors (Lipinski definition) is 3. The number of carbonyl (C=O) groups excluding carboxylic acids is 2. The van der Waals surface area contributed by atoms with Crippen LogP contribution in [0.15, 0.2) is 0 Å². The van der Waals surface area contributed by atoms with Gasteiger partial charge in [-0.05, 0) is 0 Å². The van der Waals surface area contributed by atoms with Crippen LogP contribution in [-0.2, 0) is 14.4 Å². The summed E-state index contributed by atoms with van der Waals surface area (Å²) in [7, 11) is 0. The molecule has 1 fully saturated rings. The van der Waals surface area contributed by atoms with Crippen molar-refractivity contribution >= 4 is 11.8 Å². The van der Waals surface area contributed by atoms with Crippen LogP contribution in [0, 0.1) is 11.3 Å². The van der Waals surface area contributed by atoms with Crippen LogP contribution in [0.2, 0.25) is 0 Å². The molecule has 1 atom stereocenters. The Morgan fingerprint density at radius 2 is 2.08 bits per heavy atom. The van der Waals surface area contributed by atoms with Crippen molar-refractivity contribution in [3.8, 4) is 0 Å². The van der Waals surface area contributed by atoms with Gasteiger partial charge in [-0.25, -0.2) is 0 Å². The first-order valence-corrected chi connectivity index (χ1v) is 4.35. The van der Waals surface area contributed by atoms with E-state index in [-0.39, 0.29) is 17.7 Å². The number of hydroxylamine groups is 2. The number of rotatable bonds is 0. The van der Waals surface area contributed by atoms with Crippen LogP contribution in [0.1, 0.15) is 27.7 Å². The van der Waals surface area contributed by atoms with Gasteiger partial charge in [-0.1, -0.05) is 27.7 Å². The Kier molecular flexibility index (Phi) is 2.43. The van der Waals surface area contributed by atoms with Crippen molar-refractivity contribution in [3.63, 3.8) is 0 Å². The van der Waals surface area contributed by atoms with Gasteiger partial charge >= 0.3 is 0 Å². The highest BCUT2D eigenvalue weighted by Gasteiger charge is 2.39. The van der Waals surface area contributed by atoms with Crippen LogP contribution >= 0.6 is 0 Å². The van der Waals surface area contributed by atoms with Gasteiger partial charge in [0.25, 0.3) is 11.8 Å². The Morgan fingerprint density at radius 1 is 1.54 bits per heavy atom. The molecule has 0 aromatic rings. The van der Waals surface area contributed by atoms with Gasteiger partial charge in [-0.2, -0.15) is 5.06 Å². The summed E-state index contributed by atoms with van der Waals surface area (Å²) >= 11 is 0. The molecule has 0 aliphatic carbocycles. The predicted octanol–water partition coefficient (Wildman–Crippen LogP) is 0.969. The van der Waals surface area contributed by atoms with Crippen molar-refractivity contribution in [2.75, 3.05) is 6.61 Å². The molecule has 0 saturated carbocycles. The van der Waals surface area contributed by atoms with E-state index in [4.69, 9.17) is 4.84 Å². The lowest BCUT2D eigenvalue weighted by atomic mass is 9.95. The van der Waals surface area contributed by atoms with Gasteiger partial charge in [0, 0.05) is 5.41 Å². The standard InChI is InChI=1S/C9H15NO3/c1-6-5-13-10(7(6)11)8(12)9(2,3)4/h6H,5H2,1-4H3/t6-/m0/s1. The molecular formula is C9H15NO3. The van der Waals surface area contributed by atoms with Crippen molar-refractivity contribution in [3.05, 3.63) is 0 Å². The molecule has 74 valence electrons. The zero-order valence-electron chi connectivity index (χ0n) is 8.46. The summed E-state index contributed by atoms with van der Waals surface area (Å²) < 4.78 is 0. The lowest BCUT2D eigenvalue weighted by Gasteiger charge is -2.22. The van der Waals surface area contributed by atoms with E-state index in [1.54, 1.807) is 27.7 Å². The molecule has 1 saturated heterocycles. The molecule has 1 aliphatic heterocycles. The summed E-state index contributed by atoms with van der Waals surface area (Å²) in [5.74, 6) is -0.715. The Morgan fingerprint density at radius 3 is 2.38 bits per heavy atom. The van der Waals surface area contributed by atoms with E-state index in [1.165, 1.54) is 0 Å². The van der Waals surface area contributed by atoms with Gasteiger partial charge in [0.2, 0.25) is 0 Å². The molecule has 0 spiro atoms. The van der Waals surface area contributed by atoms with Crippen LogP contribution in [0.25, 0.3) is 0 Å². The van der Waals surface area contributed by atoms with Crippen LogP contribution in [-0.4, -0.2) is 23.5 Å². The molecule has 0 aromatic carbocycles. The first kappa shape index (κ1) is 10.2. The Bertz CT molecular complexity index is 242. The Labute approximate surface area is 77.8 Å². The Balaban J connectivity index is 2.75. The van der Waals surface area contributed by atoms with E-state index in [0.29, 0.717) is 6.61 Å². The molecule has 0 aromatic heterocycles. The average Bonchev–Trinajstić information content (AvgIpc) is 2.30. The van der Waals surface area contributed by atoms with Gasteiger partial charge in [0.15, 0.2) is 0 Å². The molecule has 4 heteroatoms. The summed E-state index contributed by atoms with van der Waals surface area (Å²) in [5, 5.41) is 0.894. The first-order chi connectivity index (χ1) is 5.84. The highest BCUT2D eigenvalue weighted by Crippen LogP contribution is 2.22.